The molecule has 22 heavy (non-hydrogen) atoms. The van der Waals surface area contributed by atoms with Crippen LogP contribution >= 0.6 is 0 Å². The van der Waals surface area contributed by atoms with Crippen molar-refractivity contribution in [3.8, 4) is 0 Å². The van der Waals surface area contributed by atoms with Crippen molar-refractivity contribution >= 4 is 0 Å². The first-order valence-corrected chi connectivity index (χ1v) is 8.13. The van der Waals surface area contributed by atoms with Crippen LogP contribution in [0.3, 0.4) is 0 Å². The van der Waals surface area contributed by atoms with E-state index in [1.54, 1.807) is 0 Å². The lowest BCUT2D eigenvalue weighted by Gasteiger charge is -2.26. The highest BCUT2D eigenvalue weighted by atomic mass is 16.8. The molecule has 3 rings (SSSR count). The Morgan fingerprint density at radius 2 is 1.64 bits per heavy atom. The molecule has 126 valence electrons. The normalized spacial score (nSPS) is 42.4. The summed E-state index contributed by atoms with van der Waals surface area (Å²) in [5.41, 5.74) is 1.28. The van der Waals surface area contributed by atoms with Gasteiger partial charge in [-0.2, -0.15) is 0 Å². The molecule has 0 amide bonds. The molecule has 3 aliphatic rings. The molecule has 3 saturated heterocycles. The van der Waals surface area contributed by atoms with Crippen molar-refractivity contribution in [3.63, 3.8) is 0 Å². The molecular weight excluding hydrogens is 284 g/mol. The number of rotatable bonds is 3. The fourth-order valence-corrected chi connectivity index (χ4v) is 3.43. The van der Waals surface area contributed by atoms with Gasteiger partial charge in [0, 0.05) is 0 Å². The summed E-state index contributed by atoms with van der Waals surface area (Å²) in [7, 11) is 0. The summed E-state index contributed by atoms with van der Waals surface area (Å²) in [5, 5.41) is 0. The summed E-state index contributed by atoms with van der Waals surface area (Å²) in [5.74, 6) is -1.13. The highest BCUT2D eigenvalue weighted by Gasteiger charge is 2.58. The maximum Gasteiger partial charge on any atom is 0.164 e. The van der Waals surface area contributed by atoms with E-state index in [1.165, 1.54) is 5.57 Å². The van der Waals surface area contributed by atoms with Crippen LogP contribution < -0.4 is 0 Å². The highest BCUT2D eigenvalue weighted by Crippen LogP contribution is 2.43. The zero-order valence-electron chi connectivity index (χ0n) is 14.4. The topological polar surface area (TPSA) is 46.2 Å². The van der Waals surface area contributed by atoms with Crippen molar-refractivity contribution in [2.24, 2.45) is 0 Å². The molecule has 0 aromatic heterocycles. The maximum absolute atomic E-state index is 6.25. The Labute approximate surface area is 132 Å². The van der Waals surface area contributed by atoms with Gasteiger partial charge in [-0.15, -0.1) is 0 Å². The average Bonchev–Trinajstić information content (AvgIpc) is 2.97. The minimum atomic E-state index is -0.574. The predicted octanol–water partition coefficient (Wildman–Crippen LogP) is 2.78. The fourth-order valence-electron chi connectivity index (χ4n) is 3.43. The highest BCUT2D eigenvalue weighted by molar-refractivity contribution is 5.05. The second kappa shape index (κ2) is 5.56. The minimum absolute atomic E-state index is 0.000938. The standard InChI is InChI=1S/C17H28O5/c1-10(2)7-8-11-14-15(22-17(5,6)21-14)13(19-11)12-9-18-16(3,4)20-12/h7,11-15H,8-9H2,1-6H3/t11-,12?,13-,14-,15+/m1/s1. The third-order valence-corrected chi connectivity index (χ3v) is 4.34. The maximum atomic E-state index is 6.25. The van der Waals surface area contributed by atoms with E-state index in [9.17, 15) is 0 Å². The number of allylic oxidation sites excluding steroid dienone is 1. The summed E-state index contributed by atoms with van der Waals surface area (Å²) in [6.07, 6.45) is 2.60. The van der Waals surface area contributed by atoms with Gasteiger partial charge in [-0.05, 0) is 48.0 Å². The van der Waals surface area contributed by atoms with E-state index in [0.717, 1.165) is 6.42 Å². The second-order valence-corrected chi connectivity index (χ2v) is 7.59. The Hall–Kier alpha value is -0.460. The Morgan fingerprint density at radius 1 is 0.955 bits per heavy atom. The van der Waals surface area contributed by atoms with Gasteiger partial charge in [-0.3, -0.25) is 0 Å². The van der Waals surface area contributed by atoms with Crippen LogP contribution in [0.25, 0.3) is 0 Å². The molecule has 0 aromatic rings. The molecular formula is C17H28O5. The van der Waals surface area contributed by atoms with Crippen molar-refractivity contribution in [2.45, 2.75) is 90.1 Å². The largest absolute Gasteiger partial charge is 0.366 e. The van der Waals surface area contributed by atoms with E-state index < -0.39 is 11.6 Å². The van der Waals surface area contributed by atoms with Crippen molar-refractivity contribution < 1.29 is 23.7 Å². The molecule has 5 heteroatoms. The van der Waals surface area contributed by atoms with Crippen LogP contribution in [0.15, 0.2) is 11.6 Å². The zero-order valence-corrected chi connectivity index (χ0v) is 14.4. The summed E-state index contributed by atoms with van der Waals surface area (Å²) in [6.45, 7) is 12.5. The molecule has 3 fully saturated rings. The van der Waals surface area contributed by atoms with E-state index in [1.807, 2.05) is 27.7 Å². The van der Waals surface area contributed by atoms with Crippen LogP contribution in [0.5, 0.6) is 0 Å². The predicted molar refractivity (Wildman–Crippen MR) is 81.4 cm³/mol. The molecule has 0 N–H and O–H groups in total. The smallest absolute Gasteiger partial charge is 0.164 e. The van der Waals surface area contributed by atoms with E-state index in [0.29, 0.717) is 6.61 Å². The Balaban J connectivity index is 1.75. The quantitative estimate of drug-likeness (QED) is 0.750. The molecule has 0 aliphatic carbocycles. The van der Waals surface area contributed by atoms with Gasteiger partial charge in [0.25, 0.3) is 0 Å². The second-order valence-electron chi connectivity index (χ2n) is 7.59. The molecule has 0 aromatic carbocycles. The summed E-state index contributed by atoms with van der Waals surface area (Å²) in [4.78, 5) is 0. The zero-order chi connectivity index (χ0) is 16.1. The lowest BCUT2D eigenvalue weighted by molar-refractivity contribution is -0.206. The lowest BCUT2D eigenvalue weighted by Crippen LogP contribution is -2.40. The van der Waals surface area contributed by atoms with Gasteiger partial charge in [0.05, 0.1) is 12.7 Å². The monoisotopic (exact) mass is 312 g/mol. The molecule has 0 radical (unpaired) electrons. The molecule has 5 nitrogen and oxygen atoms in total. The van der Waals surface area contributed by atoms with Crippen molar-refractivity contribution in [1.29, 1.82) is 0 Å². The molecule has 3 aliphatic heterocycles. The van der Waals surface area contributed by atoms with Crippen LogP contribution in [0.2, 0.25) is 0 Å². The fraction of sp³-hybridized carbons (Fsp3) is 0.882. The van der Waals surface area contributed by atoms with Crippen LogP contribution in [0.4, 0.5) is 0 Å². The van der Waals surface area contributed by atoms with Crippen molar-refractivity contribution in [1.82, 2.24) is 0 Å². The van der Waals surface area contributed by atoms with Gasteiger partial charge in [-0.1, -0.05) is 11.6 Å². The van der Waals surface area contributed by atoms with E-state index >= 15 is 0 Å². The van der Waals surface area contributed by atoms with Gasteiger partial charge in [0.1, 0.15) is 24.4 Å². The molecule has 0 saturated carbocycles. The summed E-state index contributed by atoms with van der Waals surface area (Å²) < 4.78 is 30.1. The average molecular weight is 312 g/mol. The Kier molecular flexibility index (Phi) is 4.15. The number of hydrogen-bond acceptors (Lipinski definition) is 5. The van der Waals surface area contributed by atoms with Crippen LogP contribution in [0, 0.1) is 0 Å². The first-order chi connectivity index (χ1) is 10.2. The van der Waals surface area contributed by atoms with Gasteiger partial charge < -0.3 is 23.7 Å². The summed E-state index contributed by atoms with van der Waals surface area (Å²) in [6, 6.07) is 0. The van der Waals surface area contributed by atoms with Crippen LogP contribution in [0.1, 0.15) is 48.0 Å². The number of fused-ring (bicyclic) bond motifs is 1. The Morgan fingerprint density at radius 3 is 2.23 bits per heavy atom. The molecule has 5 atom stereocenters. The first kappa shape index (κ1) is 16.4. The number of hydrogen-bond donors (Lipinski definition) is 0. The molecule has 0 bridgehead atoms. The third kappa shape index (κ3) is 3.24. The van der Waals surface area contributed by atoms with Crippen LogP contribution in [-0.2, 0) is 23.7 Å². The van der Waals surface area contributed by atoms with Gasteiger partial charge in [0.15, 0.2) is 11.6 Å². The van der Waals surface area contributed by atoms with Crippen molar-refractivity contribution in [2.75, 3.05) is 6.61 Å². The van der Waals surface area contributed by atoms with E-state index in [2.05, 4.69) is 19.9 Å². The van der Waals surface area contributed by atoms with Gasteiger partial charge in [0.2, 0.25) is 0 Å². The molecule has 0 spiro atoms. The van der Waals surface area contributed by atoms with E-state index in [4.69, 9.17) is 23.7 Å². The first-order valence-electron chi connectivity index (χ1n) is 8.13. The lowest BCUT2D eigenvalue weighted by atomic mass is 10.0. The third-order valence-electron chi connectivity index (χ3n) is 4.34. The van der Waals surface area contributed by atoms with E-state index in [-0.39, 0.29) is 30.5 Å². The number of ether oxygens (including phenoxy) is 5. The van der Waals surface area contributed by atoms with Gasteiger partial charge in [-0.25, -0.2) is 0 Å². The molecule has 3 heterocycles. The molecule has 1 unspecified atom stereocenters. The van der Waals surface area contributed by atoms with Crippen molar-refractivity contribution in [3.05, 3.63) is 11.6 Å². The van der Waals surface area contributed by atoms with Gasteiger partial charge >= 0.3 is 0 Å². The van der Waals surface area contributed by atoms with Crippen LogP contribution in [-0.4, -0.2) is 48.7 Å². The summed E-state index contributed by atoms with van der Waals surface area (Å²) >= 11 is 0. The Bertz CT molecular complexity index is 452. The SMILES string of the molecule is CC(C)=CC[C@H]1O[C@H](C2COC(C)(C)O2)[C@@H]2OC(C)(C)O[C@@H]21. The minimum Gasteiger partial charge on any atom is -0.366 e.